The van der Waals surface area contributed by atoms with Crippen molar-refractivity contribution in [2.24, 2.45) is 0 Å². The highest BCUT2D eigenvalue weighted by Gasteiger charge is 2.33. The van der Waals surface area contributed by atoms with E-state index in [9.17, 15) is 14.7 Å². The highest BCUT2D eigenvalue weighted by molar-refractivity contribution is 9.10. The fourth-order valence-corrected chi connectivity index (χ4v) is 4.93. The van der Waals surface area contributed by atoms with Crippen LogP contribution < -0.4 is 0 Å². The zero-order chi connectivity index (χ0) is 22.1. The zero-order valence-electron chi connectivity index (χ0n) is 16.6. The third-order valence-electron chi connectivity index (χ3n) is 5.50. The van der Waals surface area contributed by atoms with Crippen molar-refractivity contribution in [3.8, 4) is 11.1 Å². The second kappa shape index (κ2) is 8.73. The molecule has 0 fully saturated rings. The van der Waals surface area contributed by atoms with E-state index in [1.54, 1.807) is 18.2 Å². The SMILES string of the molecule is CN(C(=O)OCC1c2ccccc2-c2ccccc21)C(C(=O)O)c1ccc(Cl)cc1Br. The summed E-state index contributed by atoms with van der Waals surface area (Å²) in [6.45, 7) is 0.116. The van der Waals surface area contributed by atoms with Crippen LogP contribution >= 0.6 is 27.5 Å². The molecule has 0 radical (unpaired) electrons. The number of hydrogen-bond acceptors (Lipinski definition) is 3. The molecular formula is C24H19BrClNO4. The van der Waals surface area contributed by atoms with Crippen LogP contribution in [0, 0.1) is 0 Å². The van der Waals surface area contributed by atoms with Crippen LogP contribution in [0.2, 0.25) is 5.02 Å². The molecular weight excluding hydrogens is 482 g/mol. The first-order valence-corrected chi connectivity index (χ1v) is 10.8. The molecule has 5 nitrogen and oxygen atoms in total. The number of carbonyl (C=O) groups excluding carboxylic acids is 1. The monoisotopic (exact) mass is 499 g/mol. The first-order chi connectivity index (χ1) is 14.9. The molecule has 0 saturated heterocycles. The summed E-state index contributed by atoms with van der Waals surface area (Å²) in [5, 5.41) is 10.2. The lowest BCUT2D eigenvalue weighted by molar-refractivity contribution is -0.142. The van der Waals surface area contributed by atoms with Crippen molar-refractivity contribution in [1.29, 1.82) is 0 Å². The predicted octanol–water partition coefficient (Wildman–Crippen LogP) is 6.11. The maximum absolute atomic E-state index is 12.8. The molecule has 1 atom stereocenters. The molecule has 1 unspecified atom stereocenters. The topological polar surface area (TPSA) is 66.8 Å². The van der Waals surface area contributed by atoms with Gasteiger partial charge in [-0.15, -0.1) is 0 Å². The second-order valence-corrected chi connectivity index (χ2v) is 8.61. The lowest BCUT2D eigenvalue weighted by atomic mass is 9.98. The predicted molar refractivity (Wildman–Crippen MR) is 122 cm³/mol. The number of carboxylic acid groups (broad SMARTS) is 1. The Morgan fingerprint density at radius 3 is 2.19 bits per heavy atom. The molecule has 31 heavy (non-hydrogen) atoms. The number of amides is 1. The van der Waals surface area contributed by atoms with E-state index in [0.717, 1.165) is 27.2 Å². The summed E-state index contributed by atoms with van der Waals surface area (Å²) in [6.07, 6.45) is -0.712. The Labute approximate surface area is 193 Å². The van der Waals surface area contributed by atoms with E-state index in [2.05, 4.69) is 28.1 Å². The average molecular weight is 501 g/mol. The molecule has 3 aromatic carbocycles. The number of likely N-dealkylation sites (N-methyl/N-ethyl adjacent to an activating group) is 1. The lowest BCUT2D eigenvalue weighted by Gasteiger charge is -2.26. The van der Waals surface area contributed by atoms with Gasteiger partial charge in [-0.1, -0.05) is 82.1 Å². The molecule has 0 heterocycles. The fraction of sp³-hybridized carbons (Fsp3) is 0.167. The van der Waals surface area contributed by atoms with Crippen molar-refractivity contribution >= 4 is 39.6 Å². The molecule has 1 N–H and O–H groups in total. The highest BCUT2D eigenvalue weighted by Crippen LogP contribution is 2.44. The minimum Gasteiger partial charge on any atom is -0.479 e. The smallest absolute Gasteiger partial charge is 0.410 e. The number of hydrogen-bond donors (Lipinski definition) is 1. The van der Waals surface area contributed by atoms with Crippen molar-refractivity contribution in [2.45, 2.75) is 12.0 Å². The van der Waals surface area contributed by atoms with Gasteiger partial charge in [0.25, 0.3) is 0 Å². The third kappa shape index (κ3) is 4.05. The first kappa shape index (κ1) is 21.4. The second-order valence-electron chi connectivity index (χ2n) is 7.32. The summed E-state index contributed by atoms with van der Waals surface area (Å²) < 4.78 is 6.11. The standard InChI is InChI=1S/C24H19BrClNO4/c1-27(22(23(28)29)19-11-10-14(26)12-21(19)25)24(30)31-13-20-17-8-4-2-6-15(17)16-7-3-5-9-18(16)20/h2-12,20,22H,13H2,1H3,(H,28,29). The van der Waals surface area contributed by atoms with E-state index in [1.165, 1.54) is 7.05 Å². The van der Waals surface area contributed by atoms with Crippen molar-refractivity contribution in [3.63, 3.8) is 0 Å². The number of halogens is 2. The molecule has 4 rings (SSSR count). The van der Waals surface area contributed by atoms with E-state index in [-0.39, 0.29) is 12.5 Å². The summed E-state index contributed by atoms with van der Waals surface area (Å²) in [5.41, 5.74) is 4.85. The minimum absolute atomic E-state index is 0.102. The molecule has 0 bridgehead atoms. The van der Waals surface area contributed by atoms with Gasteiger partial charge in [0.15, 0.2) is 6.04 Å². The summed E-state index contributed by atoms with van der Waals surface area (Å²) in [5.74, 6) is -1.27. The average Bonchev–Trinajstić information content (AvgIpc) is 3.07. The van der Waals surface area contributed by atoms with Gasteiger partial charge in [0.05, 0.1) is 0 Å². The van der Waals surface area contributed by atoms with Crippen molar-refractivity contribution < 1.29 is 19.4 Å². The van der Waals surface area contributed by atoms with Gasteiger partial charge < -0.3 is 9.84 Å². The van der Waals surface area contributed by atoms with Gasteiger partial charge >= 0.3 is 12.1 Å². The van der Waals surface area contributed by atoms with Crippen LogP contribution in [0.25, 0.3) is 11.1 Å². The lowest BCUT2D eigenvalue weighted by Crippen LogP contribution is -2.37. The van der Waals surface area contributed by atoms with Crippen molar-refractivity contribution in [3.05, 3.63) is 92.9 Å². The number of aliphatic carboxylic acids is 1. The van der Waals surface area contributed by atoms with Crippen LogP contribution in [0.1, 0.15) is 28.7 Å². The van der Waals surface area contributed by atoms with Gasteiger partial charge in [-0.25, -0.2) is 9.59 Å². The van der Waals surface area contributed by atoms with E-state index in [4.69, 9.17) is 16.3 Å². The molecule has 0 aliphatic heterocycles. The van der Waals surface area contributed by atoms with Crippen molar-refractivity contribution in [2.75, 3.05) is 13.7 Å². The largest absolute Gasteiger partial charge is 0.479 e. The maximum Gasteiger partial charge on any atom is 0.410 e. The molecule has 3 aromatic rings. The quantitative estimate of drug-likeness (QED) is 0.459. The summed E-state index contributed by atoms with van der Waals surface area (Å²) in [6, 6.07) is 19.6. The van der Waals surface area contributed by atoms with Crippen LogP contribution in [0.5, 0.6) is 0 Å². The van der Waals surface area contributed by atoms with Gasteiger partial charge in [-0.2, -0.15) is 0 Å². The van der Waals surface area contributed by atoms with E-state index >= 15 is 0 Å². The number of fused-ring (bicyclic) bond motifs is 3. The Kier molecular flexibility index (Phi) is 6.03. The number of ether oxygens (including phenoxy) is 1. The van der Waals surface area contributed by atoms with Gasteiger partial charge in [0.1, 0.15) is 6.61 Å². The summed E-state index contributed by atoms with van der Waals surface area (Å²) >= 11 is 9.30. The van der Waals surface area contributed by atoms with Gasteiger partial charge in [0.2, 0.25) is 0 Å². The molecule has 1 amide bonds. The van der Waals surface area contributed by atoms with Crippen molar-refractivity contribution in [1.82, 2.24) is 4.90 Å². The third-order valence-corrected chi connectivity index (χ3v) is 6.42. The molecule has 0 saturated carbocycles. The van der Waals surface area contributed by atoms with Crippen LogP contribution in [-0.2, 0) is 9.53 Å². The zero-order valence-corrected chi connectivity index (χ0v) is 18.9. The van der Waals surface area contributed by atoms with Crippen LogP contribution in [0.3, 0.4) is 0 Å². The number of nitrogens with zero attached hydrogens (tertiary/aromatic N) is 1. The first-order valence-electron chi connectivity index (χ1n) is 9.64. The minimum atomic E-state index is -1.22. The molecule has 0 aromatic heterocycles. The van der Waals surface area contributed by atoms with E-state index < -0.39 is 18.1 Å². The Morgan fingerprint density at radius 1 is 1.06 bits per heavy atom. The maximum atomic E-state index is 12.8. The summed E-state index contributed by atoms with van der Waals surface area (Å²) in [4.78, 5) is 25.9. The Morgan fingerprint density at radius 2 is 1.65 bits per heavy atom. The Balaban J connectivity index is 1.55. The fourth-order valence-electron chi connectivity index (χ4n) is 4.03. The number of rotatable bonds is 5. The molecule has 7 heteroatoms. The number of carboxylic acids is 1. The van der Waals surface area contributed by atoms with E-state index in [0.29, 0.717) is 15.1 Å². The van der Waals surface area contributed by atoms with Gasteiger partial charge in [-0.3, -0.25) is 4.90 Å². The van der Waals surface area contributed by atoms with Crippen LogP contribution in [0.15, 0.2) is 71.2 Å². The molecule has 1 aliphatic rings. The van der Waals surface area contributed by atoms with Crippen LogP contribution in [-0.4, -0.2) is 35.7 Å². The summed E-state index contributed by atoms with van der Waals surface area (Å²) in [7, 11) is 1.42. The Hall–Kier alpha value is -2.83. The van der Waals surface area contributed by atoms with Gasteiger partial charge in [0, 0.05) is 28.0 Å². The molecule has 1 aliphatic carbocycles. The molecule has 158 valence electrons. The van der Waals surface area contributed by atoms with Crippen LogP contribution in [0.4, 0.5) is 4.79 Å². The Bertz CT molecular complexity index is 1120. The highest BCUT2D eigenvalue weighted by atomic mass is 79.9. The number of carbonyl (C=O) groups is 2. The number of benzene rings is 3. The molecule has 0 spiro atoms. The van der Waals surface area contributed by atoms with E-state index in [1.807, 2.05) is 36.4 Å². The van der Waals surface area contributed by atoms with Gasteiger partial charge in [-0.05, 0) is 34.4 Å². The normalized spacial score (nSPS) is 13.3.